The van der Waals surface area contributed by atoms with Crippen LogP contribution < -0.4 is 5.32 Å². The number of nitrogens with one attached hydrogen (secondary N) is 1. The fourth-order valence-corrected chi connectivity index (χ4v) is 1.25. The lowest BCUT2D eigenvalue weighted by Gasteiger charge is -2.17. The Bertz CT molecular complexity index is 395. The van der Waals surface area contributed by atoms with Gasteiger partial charge in [0.25, 0.3) is 0 Å². The van der Waals surface area contributed by atoms with Crippen LogP contribution in [0, 0.1) is 5.92 Å². The number of alkyl carbamates (subject to hydrolysis) is 1. The number of carbonyl (C=O) groups is 1. The first-order valence-electron chi connectivity index (χ1n) is 5.55. The van der Waals surface area contributed by atoms with Crippen molar-refractivity contribution < 1.29 is 27.8 Å². The number of carbonyl (C=O) groups excluding carboxylic acids is 1. The summed E-state index contributed by atoms with van der Waals surface area (Å²) in [4.78, 5) is 11.2. The molecule has 1 amide bonds. The standard InChI is InChI=1S/C12H14F3NO3/c13-12(14,15)10(7-17)8-19-11(18)16-6-9-4-2-1-3-5-9/h1-5,10,17H,6-8H2,(H,16,18)/t10-/m1/s1. The van der Waals surface area contributed by atoms with Gasteiger partial charge in [0.2, 0.25) is 0 Å². The number of rotatable bonds is 5. The van der Waals surface area contributed by atoms with Crippen molar-refractivity contribution in [3.63, 3.8) is 0 Å². The normalized spacial score (nSPS) is 12.8. The summed E-state index contributed by atoms with van der Waals surface area (Å²) in [7, 11) is 0. The molecule has 0 saturated carbocycles. The van der Waals surface area contributed by atoms with Crippen LogP contribution in [0.5, 0.6) is 0 Å². The summed E-state index contributed by atoms with van der Waals surface area (Å²) < 4.78 is 41.2. The number of hydrogen-bond donors (Lipinski definition) is 2. The van der Waals surface area contributed by atoms with E-state index in [0.29, 0.717) is 0 Å². The number of amides is 1. The van der Waals surface area contributed by atoms with Gasteiger partial charge in [-0.25, -0.2) is 4.79 Å². The minimum absolute atomic E-state index is 0.162. The van der Waals surface area contributed by atoms with E-state index in [-0.39, 0.29) is 6.54 Å². The van der Waals surface area contributed by atoms with E-state index in [0.717, 1.165) is 5.56 Å². The van der Waals surface area contributed by atoms with Gasteiger partial charge in [-0.3, -0.25) is 0 Å². The Labute approximate surface area is 108 Å². The maximum Gasteiger partial charge on any atom is 0.407 e. The highest BCUT2D eigenvalue weighted by atomic mass is 19.4. The fraction of sp³-hybridized carbons (Fsp3) is 0.417. The molecule has 4 nitrogen and oxygen atoms in total. The van der Waals surface area contributed by atoms with Crippen molar-refractivity contribution in [2.45, 2.75) is 12.7 Å². The predicted molar refractivity (Wildman–Crippen MR) is 61.3 cm³/mol. The predicted octanol–water partition coefficient (Wildman–Crippen LogP) is 2.08. The average Bonchev–Trinajstić information content (AvgIpc) is 2.36. The molecule has 1 rings (SSSR count). The summed E-state index contributed by atoms with van der Waals surface area (Å²) in [5.74, 6) is -2.06. The zero-order chi connectivity index (χ0) is 14.3. The van der Waals surface area contributed by atoms with Crippen LogP contribution in [0.4, 0.5) is 18.0 Å². The quantitative estimate of drug-likeness (QED) is 0.866. The Morgan fingerprint density at radius 2 is 1.95 bits per heavy atom. The molecule has 7 heteroatoms. The molecule has 1 aromatic rings. The van der Waals surface area contributed by atoms with Gasteiger partial charge in [0.15, 0.2) is 0 Å². The number of ether oxygens (including phenoxy) is 1. The highest BCUT2D eigenvalue weighted by molar-refractivity contribution is 5.67. The van der Waals surface area contributed by atoms with E-state index in [1.54, 1.807) is 30.3 Å². The van der Waals surface area contributed by atoms with Gasteiger partial charge in [0.05, 0.1) is 6.61 Å². The SMILES string of the molecule is O=C(NCc1ccccc1)OC[C@@H](CO)C(F)(F)F. The molecule has 0 radical (unpaired) electrons. The van der Waals surface area contributed by atoms with Crippen molar-refractivity contribution in [1.82, 2.24) is 5.32 Å². The van der Waals surface area contributed by atoms with E-state index in [2.05, 4.69) is 10.1 Å². The lowest BCUT2D eigenvalue weighted by molar-refractivity contribution is -0.192. The van der Waals surface area contributed by atoms with E-state index < -0.39 is 31.4 Å². The first-order valence-corrected chi connectivity index (χ1v) is 5.55. The number of hydrogen-bond acceptors (Lipinski definition) is 3. The molecule has 0 spiro atoms. The topological polar surface area (TPSA) is 58.6 Å². The highest BCUT2D eigenvalue weighted by Gasteiger charge is 2.40. The Hall–Kier alpha value is -1.76. The summed E-state index contributed by atoms with van der Waals surface area (Å²) >= 11 is 0. The van der Waals surface area contributed by atoms with Crippen molar-refractivity contribution in [3.8, 4) is 0 Å². The van der Waals surface area contributed by atoms with Crippen LogP contribution >= 0.6 is 0 Å². The molecule has 1 aromatic carbocycles. The van der Waals surface area contributed by atoms with Crippen LogP contribution in [0.1, 0.15) is 5.56 Å². The molecular formula is C12H14F3NO3. The Morgan fingerprint density at radius 1 is 1.32 bits per heavy atom. The average molecular weight is 277 g/mol. The first-order chi connectivity index (χ1) is 8.93. The van der Waals surface area contributed by atoms with Crippen molar-refractivity contribution in [1.29, 1.82) is 0 Å². The first kappa shape index (κ1) is 15.3. The van der Waals surface area contributed by atoms with Crippen molar-refractivity contribution in [2.75, 3.05) is 13.2 Å². The highest BCUT2D eigenvalue weighted by Crippen LogP contribution is 2.25. The van der Waals surface area contributed by atoms with E-state index in [9.17, 15) is 18.0 Å². The third-order valence-corrected chi connectivity index (χ3v) is 2.38. The zero-order valence-corrected chi connectivity index (χ0v) is 9.98. The van der Waals surface area contributed by atoms with Gasteiger partial charge in [0, 0.05) is 6.54 Å². The van der Waals surface area contributed by atoms with Crippen molar-refractivity contribution in [3.05, 3.63) is 35.9 Å². The van der Waals surface area contributed by atoms with Gasteiger partial charge >= 0.3 is 12.3 Å². The minimum atomic E-state index is -4.59. The zero-order valence-electron chi connectivity index (χ0n) is 9.98. The molecule has 0 fully saturated rings. The lowest BCUT2D eigenvalue weighted by Crippen LogP contribution is -2.34. The van der Waals surface area contributed by atoms with Crippen LogP contribution in [0.2, 0.25) is 0 Å². The van der Waals surface area contributed by atoms with Crippen LogP contribution in [0.15, 0.2) is 30.3 Å². The molecule has 0 aliphatic rings. The monoisotopic (exact) mass is 277 g/mol. The van der Waals surface area contributed by atoms with Gasteiger partial charge in [-0.1, -0.05) is 30.3 Å². The van der Waals surface area contributed by atoms with Crippen LogP contribution in [-0.2, 0) is 11.3 Å². The molecule has 1 atom stereocenters. The Balaban J connectivity index is 2.32. The van der Waals surface area contributed by atoms with E-state index in [4.69, 9.17) is 5.11 Å². The van der Waals surface area contributed by atoms with Crippen molar-refractivity contribution >= 4 is 6.09 Å². The summed E-state index contributed by atoms with van der Waals surface area (Å²) in [5, 5.41) is 10.9. The van der Waals surface area contributed by atoms with Gasteiger partial charge in [-0.05, 0) is 5.56 Å². The Kier molecular flexibility index (Phi) is 5.62. The molecule has 0 saturated heterocycles. The molecule has 0 aromatic heterocycles. The minimum Gasteiger partial charge on any atom is -0.449 e. The summed E-state index contributed by atoms with van der Waals surface area (Å²) in [6.07, 6.45) is -5.54. The molecule has 0 unspecified atom stereocenters. The molecule has 2 N–H and O–H groups in total. The van der Waals surface area contributed by atoms with Gasteiger partial charge in [-0.2, -0.15) is 13.2 Å². The molecule has 0 aliphatic carbocycles. The molecule has 19 heavy (non-hydrogen) atoms. The van der Waals surface area contributed by atoms with E-state index >= 15 is 0 Å². The molecule has 0 bridgehead atoms. The van der Waals surface area contributed by atoms with Crippen LogP contribution in [0.3, 0.4) is 0 Å². The number of aliphatic hydroxyl groups is 1. The molecular weight excluding hydrogens is 263 g/mol. The van der Waals surface area contributed by atoms with Crippen molar-refractivity contribution in [2.24, 2.45) is 5.92 Å². The second kappa shape index (κ2) is 6.98. The molecule has 106 valence electrons. The molecule has 0 heterocycles. The number of benzene rings is 1. The van der Waals surface area contributed by atoms with E-state index in [1.165, 1.54) is 0 Å². The molecule has 0 aliphatic heterocycles. The van der Waals surface area contributed by atoms with E-state index in [1.807, 2.05) is 0 Å². The van der Waals surface area contributed by atoms with Crippen LogP contribution in [-0.4, -0.2) is 30.6 Å². The van der Waals surface area contributed by atoms with Gasteiger partial charge in [0.1, 0.15) is 12.5 Å². The fourth-order valence-electron chi connectivity index (χ4n) is 1.25. The smallest absolute Gasteiger partial charge is 0.407 e. The summed E-state index contributed by atoms with van der Waals surface area (Å²) in [6.45, 7) is -1.86. The third kappa shape index (κ3) is 5.60. The van der Waals surface area contributed by atoms with Gasteiger partial charge in [-0.15, -0.1) is 0 Å². The number of aliphatic hydroxyl groups excluding tert-OH is 1. The number of alkyl halides is 3. The maximum atomic E-state index is 12.2. The Morgan fingerprint density at radius 3 is 2.47 bits per heavy atom. The maximum absolute atomic E-state index is 12.2. The van der Waals surface area contributed by atoms with Crippen LogP contribution in [0.25, 0.3) is 0 Å². The largest absolute Gasteiger partial charge is 0.449 e. The lowest BCUT2D eigenvalue weighted by atomic mass is 10.2. The second-order valence-corrected chi connectivity index (χ2v) is 3.86. The third-order valence-electron chi connectivity index (χ3n) is 2.38. The number of halogens is 3. The second-order valence-electron chi connectivity index (χ2n) is 3.86. The summed E-state index contributed by atoms with van der Waals surface area (Å²) in [6, 6.07) is 8.86. The summed E-state index contributed by atoms with van der Waals surface area (Å²) in [5.41, 5.74) is 0.800. The van der Waals surface area contributed by atoms with Gasteiger partial charge < -0.3 is 15.2 Å².